The van der Waals surface area contributed by atoms with Crippen LogP contribution < -0.4 is 10.1 Å². The van der Waals surface area contributed by atoms with E-state index in [9.17, 15) is 4.79 Å². The first-order valence-corrected chi connectivity index (χ1v) is 7.56. The van der Waals surface area contributed by atoms with Crippen molar-refractivity contribution in [2.75, 3.05) is 20.3 Å². The third kappa shape index (κ3) is 6.31. The number of carbonyl (C=O) groups is 1. The number of ether oxygens (including phenoxy) is 1. The highest BCUT2D eigenvalue weighted by atomic mass is 16.5. The molecule has 0 fully saturated rings. The van der Waals surface area contributed by atoms with Gasteiger partial charge in [-0.1, -0.05) is 37.6 Å². The Labute approximate surface area is 133 Å². The van der Waals surface area contributed by atoms with E-state index in [2.05, 4.69) is 5.32 Å². The monoisotopic (exact) mass is 305 g/mol. The molecule has 0 aromatic heterocycles. The van der Waals surface area contributed by atoms with E-state index < -0.39 is 0 Å². The normalized spacial score (nSPS) is 12.1. The van der Waals surface area contributed by atoms with Crippen LogP contribution in [0.4, 0.5) is 0 Å². The maximum absolute atomic E-state index is 12.0. The van der Waals surface area contributed by atoms with Crippen LogP contribution in [-0.2, 0) is 11.2 Å². The summed E-state index contributed by atoms with van der Waals surface area (Å²) >= 11 is 0. The Balaban J connectivity index is 2.59. The summed E-state index contributed by atoms with van der Waals surface area (Å²) in [5.41, 5.74) is 1.93. The molecule has 0 aliphatic heterocycles. The Morgan fingerprint density at radius 3 is 2.68 bits per heavy atom. The van der Waals surface area contributed by atoms with E-state index in [1.54, 1.807) is 13.2 Å². The Morgan fingerprint density at radius 1 is 1.36 bits per heavy atom. The van der Waals surface area contributed by atoms with Gasteiger partial charge in [-0.05, 0) is 36.8 Å². The minimum Gasteiger partial charge on any atom is -0.496 e. The van der Waals surface area contributed by atoms with Gasteiger partial charge in [0.25, 0.3) is 0 Å². The molecule has 4 heteroatoms. The van der Waals surface area contributed by atoms with Crippen LogP contribution in [0.2, 0.25) is 0 Å². The topological polar surface area (TPSA) is 58.6 Å². The number of benzene rings is 1. The van der Waals surface area contributed by atoms with Crippen LogP contribution in [0.3, 0.4) is 0 Å². The van der Waals surface area contributed by atoms with Crippen LogP contribution in [-0.4, -0.2) is 31.3 Å². The highest BCUT2D eigenvalue weighted by molar-refractivity contribution is 5.88. The maximum Gasteiger partial charge on any atom is 0.243 e. The van der Waals surface area contributed by atoms with E-state index >= 15 is 0 Å². The van der Waals surface area contributed by atoms with Gasteiger partial charge in [-0.15, -0.1) is 0 Å². The third-order valence-corrected chi connectivity index (χ3v) is 3.57. The number of hydrogen-bond acceptors (Lipinski definition) is 3. The number of aliphatic hydroxyl groups is 1. The molecule has 0 saturated carbocycles. The molecule has 0 unspecified atom stereocenters. The van der Waals surface area contributed by atoms with Gasteiger partial charge in [0, 0.05) is 19.2 Å². The molecule has 1 rings (SSSR count). The van der Waals surface area contributed by atoms with Gasteiger partial charge in [0.2, 0.25) is 5.91 Å². The van der Waals surface area contributed by atoms with Crippen LogP contribution in [0.5, 0.6) is 5.75 Å². The van der Waals surface area contributed by atoms with Gasteiger partial charge in [0.1, 0.15) is 5.75 Å². The quantitative estimate of drug-likeness (QED) is 0.726. The fraction of sp³-hybridized carbons (Fsp3) is 0.500. The Kier molecular flexibility index (Phi) is 7.12. The fourth-order valence-corrected chi connectivity index (χ4v) is 2.19. The zero-order valence-corrected chi connectivity index (χ0v) is 14.0. The van der Waals surface area contributed by atoms with Crippen molar-refractivity contribution in [2.24, 2.45) is 5.41 Å². The lowest BCUT2D eigenvalue weighted by Crippen LogP contribution is -2.33. The lowest BCUT2D eigenvalue weighted by atomic mass is 9.90. The number of para-hydroxylation sites is 1. The lowest BCUT2D eigenvalue weighted by molar-refractivity contribution is -0.117. The Hall–Kier alpha value is -1.81. The van der Waals surface area contributed by atoms with Crippen molar-refractivity contribution < 1.29 is 14.6 Å². The molecule has 0 radical (unpaired) electrons. The molecule has 122 valence electrons. The SMILES string of the molecule is COc1ccccc1C/C(C)=C/C(=O)NCC(C)(C)CCO. The summed E-state index contributed by atoms with van der Waals surface area (Å²) in [4.78, 5) is 12.0. The molecule has 4 nitrogen and oxygen atoms in total. The first kappa shape index (κ1) is 18.2. The second-order valence-corrected chi connectivity index (χ2v) is 6.33. The van der Waals surface area contributed by atoms with E-state index in [1.165, 1.54) is 0 Å². The number of nitrogens with one attached hydrogen (secondary N) is 1. The molecule has 22 heavy (non-hydrogen) atoms. The van der Waals surface area contributed by atoms with Gasteiger partial charge in [-0.3, -0.25) is 4.79 Å². The summed E-state index contributed by atoms with van der Waals surface area (Å²) in [6.07, 6.45) is 2.97. The van der Waals surface area contributed by atoms with Gasteiger partial charge < -0.3 is 15.2 Å². The molecular weight excluding hydrogens is 278 g/mol. The smallest absolute Gasteiger partial charge is 0.243 e. The Bertz CT molecular complexity index is 521. The van der Waals surface area contributed by atoms with E-state index in [0.29, 0.717) is 19.4 Å². The van der Waals surface area contributed by atoms with Crippen molar-refractivity contribution in [3.63, 3.8) is 0 Å². The molecule has 0 atom stereocenters. The summed E-state index contributed by atoms with van der Waals surface area (Å²) < 4.78 is 5.32. The lowest BCUT2D eigenvalue weighted by Gasteiger charge is -2.23. The average Bonchev–Trinajstić information content (AvgIpc) is 2.45. The van der Waals surface area contributed by atoms with Gasteiger partial charge >= 0.3 is 0 Å². The maximum atomic E-state index is 12.0. The summed E-state index contributed by atoms with van der Waals surface area (Å²) in [5.74, 6) is 0.734. The van der Waals surface area contributed by atoms with Crippen LogP contribution >= 0.6 is 0 Å². The number of hydrogen-bond donors (Lipinski definition) is 2. The number of methoxy groups -OCH3 is 1. The number of carbonyl (C=O) groups excluding carboxylic acids is 1. The van der Waals surface area contributed by atoms with Crippen molar-refractivity contribution in [3.05, 3.63) is 41.5 Å². The second kappa shape index (κ2) is 8.59. The summed E-state index contributed by atoms with van der Waals surface area (Å²) in [6, 6.07) is 7.80. The van der Waals surface area contributed by atoms with Gasteiger partial charge in [0.05, 0.1) is 7.11 Å². The number of rotatable bonds is 8. The Morgan fingerprint density at radius 2 is 2.05 bits per heavy atom. The zero-order valence-electron chi connectivity index (χ0n) is 14.0. The minimum atomic E-state index is -0.102. The third-order valence-electron chi connectivity index (χ3n) is 3.57. The van der Waals surface area contributed by atoms with Crippen molar-refractivity contribution >= 4 is 5.91 Å². The average molecular weight is 305 g/mol. The largest absolute Gasteiger partial charge is 0.496 e. The molecule has 0 spiro atoms. The first-order valence-electron chi connectivity index (χ1n) is 7.56. The molecule has 0 heterocycles. The van der Waals surface area contributed by atoms with Crippen molar-refractivity contribution in [1.29, 1.82) is 0 Å². The summed E-state index contributed by atoms with van der Waals surface area (Å²) in [6.45, 7) is 6.66. The van der Waals surface area contributed by atoms with E-state index in [-0.39, 0.29) is 17.9 Å². The molecule has 1 amide bonds. The van der Waals surface area contributed by atoms with Gasteiger partial charge in [-0.25, -0.2) is 0 Å². The molecule has 0 saturated heterocycles. The fourth-order valence-electron chi connectivity index (χ4n) is 2.19. The molecular formula is C18H27NO3. The minimum absolute atomic E-state index is 0.0987. The number of amides is 1. The highest BCUT2D eigenvalue weighted by Crippen LogP contribution is 2.21. The van der Waals surface area contributed by atoms with Crippen molar-refractivity contribution in [3.8, 4) is 5.75 Å². The predicted octanol–water partition coefficient (Wildman–Crippen LogP) is 2.71. The number of aliphatic hydroxyl groups excluding tert-OH is 1. The van der Waals surface area contributed by atoms with E-state index in [1.807, 2.05) is 45.0 Å². The van der Waals surface area contributed by atoms with E-state index in [0.717, 1.165) is 16.9 Å². The van der Waals surface area contributed by atoms with Crippen LogP contribution in [0, 0.1) is 5.41 Å². The summed E-state index contributed by atoms with van der Waals surface area (Å²) in [7, 11) is 1.65. The van der Waals surface area contributed by atoms with E-state index in [4.69, 9.17) is 9.84 Å². The van der Waals surface area contributed by atoms with Crippen molar-refractivity contribution in [1.82, 2.24) is 5.32 Å². The van der Waals surface area contributed by atoms with Gasteiger partial charge in [-0.2, -0.15) is 0 Å². The van der Waals surface area contributed by atoms with Crippen molar-refractivity contribution in [2.45, 2.75) is 33.6 Å². The number of allylic oxidation sites excluding steroid dienone is 1. The molecule has 0 bridgehead atoms. The standard InChI is InChI=1S/C18H27NO3/c1-14(11-15-7-5-6-8-16(15)22-4)12-17(21)19-13-18(2,3)9-10-20/h5-8,12,20H,9-11,13H2,1-4H3,(H,19,21)/b14-12+. The molecule has 1 aromatic rings. The van der Waals surface area contributed by atoms with Crippen LogP contribution in [0.25, 0.3) is 0 Å². The molecule has 2 N–H and O–H groups in total. The molecule has 1 aromatic carbocycles. The molecule has 0 aliphatic rings. The van der Waals surface area contributed by atoms with Crippen LogP contribution in [0.15, 0.2) is 35.9 Å². The first-order chi connectivity index (χ1) is 10.4. The predicted molar refractivity (Wildman–Crippen MR) is 88.9 cm³/mol. The van der Waals surface area contributed by atoms with Crippen LogP contribution in [0.1, 0.15) is 32.8 Å². The van der Waals surface area contributed by atoms with Gasteiger partial charge in [0.15, 0.2) is 0 Å². The zero-order chi connectivity index (χ0) is 16.6. The second-order valence-electron chi connectivity index (χ2n) is 6.33. The molecule has 0 aliphatic carbocycles. The highest BCUT2D eigenvalue weighted by Gasteiger charge is 2.17. The summed E-state index contributed by atoms with van der Waals surface area (Å²) in [5, 5.41) is 11.9.